The fraction of sp³-hybridized carbons (Fsp3) is 0.400. The zero-order chi connectivity index (χ0) is 21.9. The minimum atomic E-state index is -0.298. The van der Waals surface area contributed by atoms with Crippen LogP contribution in [0.1, 0.15) is 37.3 Å². The third-order valence-electron chi connectivity index (χ3n) is 6.35. The van der Waals surface area contributed by atoms with Crippen molar-refractivity contribution < 1.29 is 9.18 Å². The van der Waals surface area contributed by atoms with E-state index in [1.165, 1.54) is 23.4 Å². The largest absolute Gasteiger partial charge is 0.342 e. The molecule has 0 spiro atoms. The molecule has 7 heteroatoms. The van der Waals surface area contributed by atoms with Gasteiger partial charge in [0.2, 0.25) is 5.91 Å². The lowest BCUT2D eigenvalue weighted by molar-refractivity contribution is -0.129. The summed E-state index contributed by atoms with van der Waals surface area (Å²) < 4.78 is 16.3. The Labute approximate surface area is 192 Å². The minimum absolute atomic E-state index is 0.144. The summed E-state index contributed by atoms with van der Waals surface area (Å²) >= 11 is 1.42. The minimum Gasteiger partial charge on any atom is -0.342 e. The standard InChI is InChI=1S/C25H27FN4OS/c26-22-9-5-4-8-21(22)24-27-28-25(30(24)20-10-11-20)32-17-23(31)29-14-12-19(13-15-29)16-18-6-2-1-3-7-18/h1-9,19-20H,10-17H2. The van der Waals surface area contributed by atoms with E-state index in [1.807, 2.05) is 21.6 Å². The van der Waals surface area contributed by atoms with E-state index in [4.69, 9.17) is 0 Å². The Morgan fingerprint density at radius 2 is 1.69 bits per heavy atom. The van der Waals surface area contributed by atoms with Gasteiger partial charge in [-0.2, -0.15) is 0 Å². The molecule has 166 valence electrons. The summed E-state index contributed by atoms with van der Waals surface area (Å²) in [6, 6.07) is 17.5. The SMILES string of the molecule is O=C(CSc1nnc(-c2ccccc2F)n1C1CC1)N1CCC(Cc2ccccc2)CC1. The number of halogens is 1. The van der Waals surface area contributed by atoms with E-state index < -0.39 is 0 Å². The maximum Gasteiger partial charge on any atom is 0.233 e. The Bertz CT molecular complexity index is 1070. The van der Waals surface area contributed by atoms with Crippen LogP contribution in [-0.2, 0) is 11.2 Å². The van der Waals surface area contributed by atoms with E-state index in [9.17, 15) is 9.18 Å². The first kappa shape index (κ1) is 21.2. The van der Waals surface area contributed by atoms with Crippen LogP contribution in [0.2, 0.25) is 0 Å². The van der Waals surface area contributed by atoms with Gasteiger partial charge in [-0.05, 0) is 55.7 Å². The molecule has 1 saturated heterocycles. The van der Waals surface area contributed by atoms with Crippen LogP contribution in [0, 0.1) is 11.7 Å². The van der Waals surface area contributed by atoms with Gasteiger partial charge in [0, 0.05) is 19.1 Å². The first-order valence-electron chi connectivity index (χ1n) is 11.3. The fourth-order valence-corrected chi connectivity index (χ4v) is 5.32. The van der Waals surface area contributed by atoms with Crippen LogP contribution < -0.4 is 0 Å². The average molecular weight is 451 g/mol. The van der Waals surface area contributed by atoms with E-state index in [2.05, 4.69) is 34.5 Å². The number of carbonyl (C=O) groups excluding carboxylic acids is 1. The predicted octanol–water partition coefficient (Wildman–Crippen LogP) is 4.99. The Kier molecular flexibility index (Phi) is 6.26. The van der Waals surface area contributed by atoms with Gasteiger partial charge in [-0.1, -0.05) is 54.2 Å². The van der Waals surface area contributed by atoms with Crippen LogP contribution in [0.15, 0.2) is 59.8 Å². The molecule has 2 fully saturated rings. The van der Waals surface area contributed by atoms with Gasteiger partial charge < -0.3 is 4.90 Å². The number of rotatable bonds is 7. The van der Waals surface area contributed by atoms with Crippen molar-refractivity contribution in [3.63, 3.8) is 0 Å². The van der Waals surface area contributed by atoms with Crippen LogP contribution in [-0.4, -0.2) is 44.4 Å². The molecule has 2 aliphatic rings. The first-order valence-corrected chi connectivity index (χ1v) is 12.3. The van der Waals surface area contributed by atoms with Crippen LogP contribution in [0.25, 0.3) is 11.4 Å². The van der Waals surface area contributed by atoms with Crippen molar-refractivity contribution >= 4 is 17.7 Å². The number of piperidine rings is 1. The molecule has 0 radical (unpaired) electrons. The highest BCUT2D eigenvalue weighted by Crippen LogP contribution is 2.41. The smallest absolute Gasteiger partial charge is 0.233 e. The predicted molar refractivity (Wildman–Crippen MR) is 124 cm³/mol. The van der Waals surface area contributed by atoms with Gasteiger partial charge in [0.25, 0.3) is 0 Å². The number of benzene rings is 2. The molecule has 0 atom stereocenters. The second-order valence-electron chi connectivity index (χ2n) is 8.69. The van der Waals surface area contributed by atoms with Crippen molar-refractivity contribution in [1.29, 1.82) is 0 Å². The third-order valence-corrected chi connectivity index (χ3v) is 7.28. The molecule has 1 aromatic heterocycles. The number of likely N-dealkylation sites (tertiary alicyclic amines) is 1. The van der Waals surface area contributed by atoms with E-state index in [-0.39, 0.29) is 11.7 Å². The topological polar surface area (TPSA) is 51.0 Å². The van der Waals surface area contributed by atoms with Gasteiger partial charge in [0.1, 0.15) is 5.82 Å². The number of carbonyl (C=O) groups is 1. The molecule has 2 heterocycles. The van der Waals surface area contributed by atoms with Gasteiger partial charge in [0.15, 0.2) is 11.0 Å². The number of amides is 1. The van der Waals surface area contributed by atoms with Crippen molar-refractivity contribution in [2.75, 3.05) is 18.8 Å². The lowest BCUT2D eigenvalue weighted by Crippen LogP contribution is -2.39. The van der Waals surface area contributed by atoms with E-state index >= 15 is 0 Å². The molecular formula is C25H27FN4OS. The van der Waals surface area contributed by atoms with E-state index in [1.54, 1.807) is 12.1 Å². The summed E-state index contributed by atoms with van der Waals surface area (Å²) in [5, 5.41) is 9.29. The van der Waals surface area contributed by atoms with Crippen molar-refractivity contribution in [1.82, 2.24) is 19.7 Å². The zero-order valence-electron chi connectivity index (χ0n) is 18.0. The number of hydrogen-bond donors (Lipinski definition) is 0. The number of hydrogen-bond acceptors (Lipinski definition) is 4. The Morgan fingerprint density at radius 1 is 0.969 bits per heavy atom. The average Bonchev–Trinajstić information content (AvgIpc) is 3.58. The lowest BCUT2D eigenvalue weighted by atomic mass is 9.90. The zero-order valence-corrected chi connectivity index (χ0v) is 18.8. The molecule has 5 nitrogen and oxygen atoms in total. The maximum absolute atomic E-state index is 14.3. The quantitative estimate of drug-likeness (QED) is 0.476. The fourth-order valence-electron chi connectivity index (χ4n) is 4.42. The molecule has 1 aliphatic heterocycles. The Hall–Kier alpha value is -2.67. The second kappa shape index (κ2) is 9.45. The molecular weight excluding hydrogens is 423 g/mol. The van der Waals surface area contributed by atoms with Crippen molar-refractivity contribution in [3.8, 4) is 11.4 Å². The van der Waals surface area contributed by atoms with E-state index in [0.29, 0.717) is 34.3 Å². The molecule has 0 unspecified atom stereocenters. The van der Waals surface area contributed by atoms with Gasteiger partial charge in [-0.3, -0.25) is 9.36 Å². The molecule has 2 aromatic carbocycles. The molecule has 1 saturated carbocycles. The van der Waals surface area contributed by atoms with Gasteiger partial charge in [-0.15, -0.1) is 10.2 Å². The van der Waals surface area contributed by atoms with Crippen molar-refractivity contribution in [2.24, 2.45) is 5.92 Å². The summed E-state index contributed by atoms with van der Waals surface area (Å²) in [6.07, 6.45) is 5.24. The summed E-state index contributed by atoms with van der Waals surface area (Å²) in [4.78, 5) is 14.8. The van der Waals surface area contributed by atoms with Crippen LogP contribution in [0.5, 0.6) is 0 Å². The van der Waals surface area contributed by atoms with Crippen molar-refractivity contribution in [3.05, 3.63) is 66.0 Å². The highest BCUT2D eigenvalue weighted by molar-refractivity contribution is 7.99. The summed E-state index contributed by atoms with van der Waals surface area (Å²) in [5.74, 6) is 1.38. The Balaban J connectivity index is 1.19. The monoisotopic (exact) mass is 450 g/mol. The van der Waals surface area contributed by atoms with E-state index in [0.717, 1.165) is 45.2 Å². The highest BCUT2D eigenvalue weighted by atomic mass is 32.2. The lowest BCUT2D eigenvalue weighted by Gasteiger charge is -2.32. The van der Waals surface area contributed by atoms with Crippen LogP contribution in [0.3, 0.4) is 0 Å². The molecule has 0 N–H and O–H groups in total. The molecule has 1 aliphatic carbocycles. The van der Waals surface area contributed by atoms with Crippen LogP contribution in [0.4, 0.5) is 4.39 Å². The third kappa shape index (κ3) is 4.72. The number of nitrogens with zero attached hydrogens (tertiary/aromatic N) is 4. The molecule has 3 aromatic rings. The normalized spacial score (nSPS) is 17.0. The van der Waals surface area contributed by atoms with Gasteiger partial charge in [0.05, 0.1) is 11.3 Å². The summed E-state index contributed by atoms with van der Waals surface area (Å²) in [5.41, 5.74) is 1.84. The molecule has 0 bridgehead atoms. The summed E-state index contributed by atoms with van der Waals surface area (Å²) in [6.45, 7) is 1.62. The number of thioether (sulfide) groups is 1. The van der Waals surface area contributed by atoms with Gasteiger partial charge >= 0.3 is 0 Å². The Morgan fingerprint density at radius 3 is 2.41 bits per heavy atom. The molecule has 32 heavy (non-hydrogen) atoms. The molecule has 1 amide bonds. The first-order chi connectivity index (χ1) is 15.7. The van der Waals surface area contributed by atoms with Crippen molar-refractivity contribution in [2.45, 2.75) is 43.3 Å². The highest BCUT2D eigenvalue weighted by Gasteiger charge is 2.31. The maximum atomic E-state index is 14.3. The van der Waals surface area contributed by atoms with Gasteiger partial charge in [-0.25, -0.2) is 4.39 Å². The number of aromatic nitrogens is 3. The molecule has 5 rings (SSSR count). The summed E-state index contributed by atoms with van der Waals surface area (Å²) in [7, 11) is 0. The second-order valence-corrected chi connectivity index (χ2v) is 9.63. The van der Waals surface area contributed by atoms with Crippen LogP contribution >= 0.6 is 11.8 Å².